The Kier molecular flexibility index (Phi) is 6.78. The lowest BCUT2D eigenvalue weighted by Crippen LogP contribution is -2.10. The maximum Gasteiger partial charge on any atom is 0.168 e. The van der Waals surface area contributed by atoms with Crippen LogP contribution >= 0.6 is 11.8 Å². The smallest absolute Gasteiger partial charge is 0.168 e. The van der Waals surface area contributed by atoms with Gasteiger partial charge in [-0.25, -0.2) is 13.8 Å². The van der Waals surface area contributed by atoms with Gasteiger partial charge in [-0.3, -0.25) is 0 Å². The minimum Gasteiger partial charge on any atom is -0.368 e. The van der Waals surface area contributed by atoms with Gasteiger partial charge in [0.15, 0.2) is 23.3 Å². The van der Waals surface area contributed by atoms with Gasteiger partial charge in [0.2, 0.25) is 0 Å². The Morgan fingerprint density at radius 1 is 1.17 bits per heavy atom. The van der Waals surface area contributed by atoms with Crippen molar-refractivity contribution in [1.82, 2.24) is 4.98 Å². The highest BCUT2D eigenvalue weighted by Gasteiger charge is 2.10. The molecule has 1 aromatic rings. The molecule has 0 saturated carbocycles. The van der Waals surface area contributed by atoms with E-state index in [9.17, 15) is 8.78 Å². The molecule has 0 atom stereocenters. The van der Waals surface area contributed by atoms with Crippen LogP contribution in [0.25, 0.3) is 0 Å². The maximum absolute atomic E-state index is 13.5. The van der Waals surface area contributed by atoms with Crippen molar-refractivity contribution >= 4 is 23.4 Å². The highest BCUT2D eigenvalue weighted by atomic mass is 32.2. The lowest BCUT2D eigenvalue weighted by Gasteiger charge is -2.10. The largest absolute Gasteiger partial charge is 0.368 e. The van der Waals surface area contributed by atoms with E-state index in [-0.39, 0.29) is 11.6 Å². The van der Waals surface area contributed by atoms with Gasteiger partial charge in [-0.15, -0.1) is 0 Å². The molecule has 0 amide bonds. The number of nitrogens with one attached hydrogen (secondary N) is 2. The van der Waals surface area contributed by atoms with E-state index in [0.29, 0.717) is 13.1 Å². The lowest BCUT2D eigenvalue weighted by molar-refractivity contribution is 0.577. The second-order valence-electron chi connectivity index (χ2n) is 3.85. The summed E-state index contributed by atoms with van der Waals surface area (Å²) < 4.78 is 26.9. The Labute approximate surface area is 111 Å². The van der Waals surface area contributed by atoms with E-state index < -0.39 is 11.6 Å². The summed E-state index contributed by atoms with van der Waals surface area (Å²) in [6, 6.07) is 0.863. The summed E-state index contributed by atoms with van der Waals surface area (Å²) in [5.74, 6) is -0.104. The third-order valence-corrected chi connectivity index (χ3v) is 2.99. The third-order valence-electron chi connectivity index (χ3n) is 2.29. The van der Waals surface area contributed by atoms with Gasteiger partial charge in [0.25, 0.3) is 0 Å². The Balaban J connectivity index is 2.65. The molecule has 1 rings (SSSR count). The Morgan fingerprint density at radius 2 is 1.78 bits per heavy atom. The van der Waals surface area contributed by atoms with E-state index in [0.717, 1.165) is 24.7 Å². The van der Waals surface area contributed by atoms with Crippen LogP contribution in [0.2, 0.25) is 0 Å². The maximum atomic E-state index is 13.5. The average Bonchev–Trinajstić information content (AvgIpc) is 2.35. The number of thioether (sulfide) groups is 1. The number of hydrogen-bond donors (Lipinski definition) is 2. The molecule has 2 N–H and O–H groups in total. The summed E-state index contributed by atoms with van der Waals surface area (Å²) in [5, 5.41) is 5.72. The van der Waals surface area contributed by atoms with Gasteiger partial charge >= 0.3 is 0 Å². The molecule has 0 bridgehead atoms. The van der Waals surface area contributed by atoms with E-state index in [2.05, 4.69) is 15.6 Å². The summed E-state index contributed by atoms with van der Waals surface area (Å²) in [7, 11) is 0. The molecule has 0 fully saturated rings. The molecular formula is C12H19F2N3S. The number of pyridine rings is 1. The van der Waals surface area contributed by atoms with Gasteiger partial charge in [0, 0.05) is 19.2 Å². The molecule has 3 nitrogen and oxygen atoms in total. The van der Waals surface area contributed by atoms with Crippen LogP contribution in [0.5, 0.6) is 0 Å². The quantitative estimate of drug-likeness (QED) is 0.713. The monoisotopic (exact) mass is 275 g/mol. The highest BCUT2D eigenvalue weighted by molar-refractivity contribution is 7.98. The van der Waals surface area contributed by atoms with Gasteiger partial charge in [0.1, 0.15) is 0 Å². The number of halogens is 2. The van der Waals surface area contributed by atoms with E-state index in [1.165, 1.54) is 0 Å². The van der Waals surface area contributed by atoms with Crippen LogP contribution < -0.4 is 10.6 Å². The normalized spacial score (nSPS) is 10.4. The molecule has 0 aliphatic heterocycles. The summed E-state index contributed by atoms with van der Waals surface area (Å²) in [4.78, 5) is 3.93. The number of nitrogens with zero attached hydrogens (tertiary/aromatic N) is 1. The fourth-order valence-electron chi connectivity index (χ4n) is 1.38. The number of hydrogen-bond acceptors (Lipinski definition) is 4. The van der Waals surface area contributed by atoms with Gasteiger partial charge in [-0.05, 0) is 24.9 Å². The number of rotatable bonds is 8. The molecule has 0 spiro atoms. The van der Waals surface area contributed by atoms with Crippen LogP contribution in [0, 0.1) is 11.6 Å². The van der Waals surface area contributed by atoms with Crippen molar-refractivity contribution < 1.29 is 8.78 Å². The standard InChI is InChI=1S/C12H19F2N3S/c1-3-5-15-11-9(13)8-10(14)12(17-11)16-6-4-7-18-2/h8H,3-7H2,1-2H3,(H2,15,16,17). The van der Waals surface area contributed by atoms with Gasteiger partial charge in [-0.1, -0.05) is 6.92 Å². The molecule has 0 aliphatic carbocycles. The van der Waals surface area contributed by atoms with Crippen molar-refractivity contribution in [1.29, 1.82) is 0 Å². The molecule has 18 heavy (non-hydrogen) atoms. The Morgan fingerprint density at radius 3 is 2.33 bits per heavy atom. The van der Waals surface area contributed by atoms with Crippen molar-refractivity contribution in [2.75, 3.05) is 35.7 Å². The molecule has 0 aliphatic rings. The van der Waals surface area contributed by atoms with Gasteiger partial charge in [0.05, 0.1) is 0 Å². The first-order chi connectivity index (χ1) is 8.69. The fraction of sp³-hybridized carbons (Fsp3) is 0.583. The minimum atomic E-state index is -0.657. The molecule has 6 heteroatoms. The minimum absolute atomic E-state index is 0.102. The molecule has 0 radical (unpaired) electrons. The summed E-state index contributed by atoms with van der Waals surface area (Å²) in [6.07, 6.45) is 3.79. The van der Waals surface area contributed by atoms with E-state index in [1.54, 1.807) is 11.8 Å². The number of anilines is 2. The topological polar surface area (TPSA) is 37.0 Å². The van der Waals surface area contributed by atoms with E-state index >= 15 is 0 Å². The van der Waals surface area contributed by atoms with Gasteiger partial charge < -0.3 is 10.6 Å². The molecular weight excluding hydrogens is 256 g/mol. The molecule has 0 aromatic carbocycles. The van der Waals surface area contributed by atoms with Crippen LogP contribution in [0.3, 0.4) is 0 Å². The molecule has 0 saturated heterocycles. The second-order valence-corrected chi connectivity index (χ2v) is 4.83. The Hall–Kier alpha value is -1.04. The molecule has 0 unspecified atom stereocenters. The predicted octanol–water partition coefficient (Wildman–Crippen LogP) is 3.35. The van der Waals surface area contributed by atoms with Crippen LogP contribution in [0.15, 0.2) is 6.07 Å². The van der Waals surface area contributed by atoms with Crippen molar-refractivity contribution in [3.05, 3.63) is 17.7 Å². The van der Waals surface area contributed by atoms with E-state index in [4.69, 9.17) is 0 Å². The molecule has 1 aromatic heterocycles. The summed E-state index contributed by atoms with van der Waals surface area (Å²) in [5.41, 5.74) is 0. The Bertz CT molecular complexity index is 375. The van der Waals surface area contributed by atoms with Crippen LogP contribution in [-0.2, 0) is 0 Å². The van der Waals surface area contributed by atoms with Crippen molar-refractivity contribution in [2.24, 2.45) is 0 Å². The predicted molar refractivity (Wildman–Crippen MR) is 74.4 cm³/mol. The van der Waals surface area contributed by atoms with Crippen molar-refractivity contribution in [2.45, 2.75) is 19.8 Å². The second kappa shape index (κ2) is 8.13. The first-order valence-corrected chi connectivity index (χ1v) is 7.41. The highest BCUT2D eigenvalue weighted by Crippen LogP contribution is 2.19. The molecule has 1 heterocycles. The van der Waals surface area contributed by atoms with Crippen LogP contribution in [0.4, 0.5) is 20.4 Å². The number of aromatic nitrogens is 1. The zero-order valence-electron chi connectivity index (χ0n) is 10.7. The van der Waals surface area contributed by atoms with E-state index in [1.807, 2.05) is 13.2 Å². The van der Waals surface area contributed by atoms with Gasteiger partial charge in [-0.2, -0.15) is 11.8 Å². The van der Waals surface area contributed by atoms with Crippen molar-refractivity contribution in [3.63, 3.8) is 0 Å². The molecule has 102 valence electrons. The fourth-order valence-corrected chi connectivity index (χ4v) is 1.81. The first kappa shape index (κ1) is 15.0. The summed E-state index contributed by atoms with van der Waals surface area (Å²) in [6.45, 7) is 3.21. The van der Waals surface area contributed by atoms with Crippen LogP contribution in [0.1, 0.15) is 19.8 Å². The summed E-state index contributed by atoms with van der Waals surface area (Å²) >= 11 is 1.73. The third kappa shape index (κ3) is 4.68. The zero-order chi connectivity index (χ0) is 13.4. The zero-order valence-corrected chi connectivity index (χ0v) is 11.5. The average molecular weight is 275 g/mol. The SMILES string of the molecule is CCCNc1nc(NCCCSC)c(F)cc1F. The van der Waals surface area contributed by atoms with Crippen LogP contribution in [-0.4, -0.2) is 30.1 Å². The lowest BCUT2D eigenvalue weighted by atomic mass is 10.3. The first-order valence-electron chi connectivity index (χ1n) is 6.01. The van der Waals surface area contributed by atoms with Crippen molar-refractivity contribution in [3.8, 4) is 0 Å².